The zero-order valence-corrected chi connectivity index (χ0v) is 28.1. The zero-order valence-electron chi connectivity index (χ0n) is 28.1. The molecule has 0 bridgehead atoms. The largest absolute Gasteiger partial charge is 0.481 e. The molecule has 4 heteroatoms. The second-order valence-electron chi connectivity index (χ2n) is 12.4. The van der Waals surface area contributed by atoms with Gasteiger partial charge in [-0.1, -0.05) is 147 Å². The highest BCUT2D eigenvalue weighted by Gasteiger charge is 2.13. The molecule has 0 saturated heterocycles. The molecule has 0 aliphatic rings. The van der Waals surface area contributed by atoms with Gasteiger partial charge >= 0.3 is 11.9 Å². The lowest BCUT2D eigenvalue weighted by molar-refractivity contribution is -0.150. The Hall–Kier alpha value is -1.58. The third-order valence-corrected chi connectivity index (χ3v) is 8.18. The predicted octanol–water partition coefficient (Wildman–Crippen LogP) is 12.4. The molecule has 0 aliphatic heterocycles. The molecule has 0 radical (unpaired) electrons. The number of ether oxygens (including phenoxy) is 1. The second kappa shape index (κ2) is 33.9. The van der Waals surface area contributed by atoms with Crippen molar-refractivity contribution in [3.8, 4) is 0 Å². The fourth-order valence-corrected chi connectivity index (χ4v) is 5.44. The molecular formula is C38H70O4. The highest BCUT2D eigenvalue weighted by molar-refractivity contribution is 5.69. The summed E-state index contributed by atoms with van der Waals surface area (Å²) in [5.74, 6) is -0.654. The van der Waals surface area contributed by atoms with Gasteiger partial charge in [0.2, 0.25) is 0 Å². The molecule has 1 N–H and O–H groups in total. The van der Waals surface area contributed by atoms with Gasteiger partial charge in [0.15, 0.2) is 0 Å². The summed E-state index contributed by atoms with van der Waals surface area (Å²) in [5.41, 5.74) is 0. The summed E-state index contributed by atoms with van der Waals surface area (Å²) in [6, 6.07) is 0. The number of carbonyl (C=O) groups excluding carboxylic acids is 1. The van der Waals surface area contributed by atoms with E-state index in [9.17, 15) is 9.59 Å². The van der Waals surface area contributed by atoms with Gasteiger partial charge in [-0.25, -0.2) is 0 Å². The van der Waals surface area contributed by atoms with Gasteiger partial charge in [0.25, 0.3) is 0 Å². The van der Waals surface area contributed by atoms with Crippen molar-refractivity contribution in [1.82, 2.24) is 0 Å². The predicted molar refractivity (Wildman–Crippen MR) is 181 cm³/mol. The van der Waals surface area contributed by atoms with Gasteiger partial charge in [0.1, 0.15) is 6.10 Å². The molecule has 0 aromatic heterocycles. The molecule has 42 heavy (non-hydrogen) atoms. The summed E-state index contributed by atoms with van der Waals surface area (Å²) in [7, 11) is 0. The van der Waals surface area contributed by atoms with Crippen LogP contribution < -0.4 is 0 Å². The third-order valence-electron chi connectivity index (χ3n) is 8.18. The SMILES string of the molecule is CCCCC/C=C\C/C=C\CCCCCCCC(=O)OC(CCCC)CCCCCCCCCCCCCCC(=O)O. The van der Waals surface area contributed by atoms with Crippen molar-refractivity contribution in [3.05, 3.63) is 24.3 Å². The minimum Gasteiger partial charge on any atom is -0.481 e. The summed E-state index contributed by atoms with van der Waals surface area (Å²) >= 11 is 0. The number of allylic oxidation sites excluding steroid dienone is 4. The van der Waals surface area contributed by atoms with Crippen LogP contribution in [0, 0.1) is 0 Å². The van der Waals surface area contributed by atoms with E-state index in [0.717, 1.165) is 57.8 Å². The Bertz CT molecular complexity index is 639. The van der Waals surface area contributed by atoms with E-state index in [1.165, 1.54) is 116 Å². The van der Waals surface area contributed by atoms with Crippen LogP contribution in [0.3, 0.4) is 0 Å². The van der Waals surface area contributed by atoms with Crippen molar-refractivity contribution in [2.24, 2.45) is 0 Å². The fourth-order valence-electron chi connectivity index (χ4n) is 5.44. The topological polar surface area (TPSA) is 63.6 Å². The molecule has 0 rings (SSSR count). The summed E-state index contributed by atoms with van der Waals surface area (Å²) in [6.45, 7) is 4.46. The van der Waals surface area contributed by atoms with Crippen molar-refractivity contribution in [1.29, 1.82) is 0 Å². The first-order valence-electron chi connectivity index (χ1n) is 18.3. The molecule has 0 fully saturated rings. The number of aliphatic carboxylic acids is 1. The number of carbonyl (C=O) groups is 2. The first kappa shape index (κ1) is 40.4. The summed E-state index contributed by atoms with van der Waals surface area (Å²) in [6.07, 6.45) is 42.3. The Morgan fingerprint density at radius 2 is 0.952 bits per heavy atom. The van der Waals surface area contributed by atoms with Gasteiger partial charge in [0, 0.05) is 12.8 Å². The lowest BCUT2D eigenvalue weighted by Crippen LogP contribution is -2.18. The lowest BCUT2D eigenvalue weighted by Gasteiger charge is -2.18. The van der Waals surface area contributed by atoms with Gasteiger partial charge in [-0.05, 0) is 64.2 Å². The molecule has 1 unspecified atom stereocenters. The number of hydrogen-bond donors (Lipinski definition) is 1. The van der Waals surface area contributed by atoms with Gasteiger partial charge in [-0.2, -0.15) is 0 Å². The number of carboxylic acid groups (broad SMARTS) is 1. The molecular weight excluding hydrogens is 520 g/mol. The van der Waals surface area contributed by atoms with Crippen molar-refractivity contribution in [2.45, 2.75) is 206 Å². The van der Waals surface area contributed by atoms with Crippen LogP contribution in [0.4, 0.5) is 0 Å². The van der Waals surface area contributed by atoms with E-state index in [1.807, 2.05) is 0 Å². The highest BCUT2D eigenvalue weighted by Crippen LogP contribution is 2.18. The maximum absolute atomic E-state index is 12.5. The van der Waals surface area contributed by atoms with Crippen molar-refractivity contribution in [3.63, 3.8) is 0 Å². The highest BCUT2D eigenvalue weighted by atomic mass is 16.5. The Kier molecular flexibility index (Phi) is 32.6. The minimum atomic E-state index is -0.671. The molecule has 246 valence electrons. The average Bonchev–Trinajstić information content (AvgIpc) is 2.97. The Morgan fingerprint density at radius 3 is 1.48 bits per heavy atom. The maximum atomic E-state index is 12.5. The molecule has 0 spiro atoms. The van der Waals surface area contributed by atoms with Crippen LogP contribution in [0.5, 0.6) is 0 Å². The van der Waals surface area contributed by atoms with Crippen LogP contribution in [0.25, 0.3) is 0 Å². The van der Waals surface area contributed by atoms with Crippen LogP contribution in [0.15, 0.2) is 24.3 Å². The normalized spacial score (nSPS) is 12.4. The van der Waals surface area contributed by atoms with Gasteiger partial charge < -0.3 is 9.84 Å². The number of carboxylic acids is 1. The first-order chi connectivity index (χ1) is 20.6. The Labute approximate surface area is 261 Å². The fraction of sp³-hybridized carbons (Fsp3) is 0.842. The number of unbranched alkanes of at least 4 members (excludes halogenated alkanes) is 20. The van der Waals surface area contributed by atoms with E-state index >= 15 is 0 Å². The third kappa shape index (κ3) is 32.9. The molecule has 0 aromatic carbocycles. The van der Waals surface area contributed by atoms with Crippen LogP contribution >= 0.6 is 0 Å². The number of rotatable bonds is 33. The summed E-state index contributed by atoms with van der Waals surface area (Å²) in [4.78, 5) is 23.0. The van der Waals surface area contributed by atoms with E-state index in [-0.39, 0.29) is 12.1 Å². The van der Waals surface area contributed by atoms with Gasteiger partial charge in [-0.3, -0.25) is 9.59 Å². The number of esters is 1. The Balaban J connectivity index is 3.68. The van der Waals surface area contributed by atoms with Crippen LogP contribution in [-0.4, -0.2) is 23.1 Å². The smallest absolute Gasteiger partial charge is 0.306 e. The minimum absolute atomic E-state index is 0.0173. The first-order valence-corrected chi connectivity index (χ1v) is 18.3. The molecule has 1 atom stereocenters. The molecule has 0 saturated carbocycles. The summed E-state index contributed by atoms with van der Waals surface area (Å²) < 4.78 is 5.91. The summed E-state index contributed by atoms with van der Waals surface area (Å²) in [5, 5.41) is 8.66. The average molecular weight is 591 g/mol. The zero-order chi connectivity index (χ0) is 30.8. The van der Waals surface area contributed by atoms with Crippen LogP contribution in [-0.2, 0) is 14.3 Å². The van der Waals surface area contributed by atoms with Crippen LogP contribution in [0.1, 0.15) is 200 Å². The van der Waals surface area contributed by atoms with Crippen molar-refractivity contribution >= 4 is 11.9 Å². The van der Waals surface area contributed by atoms with Crippen molar-refractivity contribution in [2.75, 3.05) is 0 Å². The molecule has 0 aliphatic carbocycles. The Morgan fingerprint density at radius 1 is 0.524 bits per heavy atom. The van der Waals surface area contributed by atoms with Gasteiger partial charge in [0.05, 0.1) is 0 Å². The number of hydrogen-bond acceptors (Lipinski definition) is 3. The molecule has 0 aromatic rings. The van der Waals surface area contributed by atoms with E-state index in [4.69, 9.17) is 9.84 Å². The van der Waals surface area contributed by atoms with E-state index in [0.29, 0.717) is 12.8 Å². The quantitative estimate of drug-likeness (QED) is 0.0469. The standard InChI is InChI=1S/C38H70O4/c1-3-5-7-8-9-10-11-12-13-14-19-22-25-28-31-35-38(41)42-36(32-6-4-2)33-29-26-23-20-17-15-16-18-21-24-27-30-34-37(39)40/h9-10,12-13,36H,3-8,11,14-35H2,1-2H3,(H,39,40)/b10-9-,13-12-. The molecule has 4 nitrogen and oxygen atoms in total. The van der Waals surface area contributed by atoms with Crippen LogP contribution in [0.2, 0.25) is 0 Å². The van der Waals surface area contributed by atoms with E-state index < -0.39 is 5.97 Å². The lowest BCUT2D eigenvalue weighted by atomic mass is 10.0. The second-order valence-corrected chi connectivity index (χ2v) is 12.4. The van der Waals surface area contributed by atoms with Crippen molar-refractivity contribution < 1.29 is 19.4 Å². The van der Waals surface area contributed by atoms with E-state index in [2.05, 4.69) is 38.2 Å². The maximum Gasteiger partial charge on any atom is 0.306 e. The van der Waals surface area contributed by atoms with Gasteiger partial charge in [-0.15, -0.1) is 0 Å². The monoisotopic (exact) mass is 591 g/mol. The van der Waals surface area contributed by atoms with E-state index in [1.54, 1.807) is 0 Å². The molecule has 0 amide bonds. The molecule has 0 heterocycles.